The Morgan fingerprint density at radius 1 is 1.50 bits per heavy atom. The number of carboxylic acids is 1. The summed E-state index contributed by atoms with van der Waals surface area (Å²) in [5.74, 6) is -1.90. The number of benzene rings is 1. The van der Waals surface area contributed by atoms with Crippen LogP contribution < -0.4 is 34.7 Å². The van der Waals surface area contributed by atoms with Crippen LogP contribution in [0.25, 0.3) is 11.0 Å². The van der Waals surface area contributed by atoms with Crippen LogP contribution in [0.1, 0.15) is 24.5 Å². The van der Waals surface area contributed by atoms with Gasteiger partial charge in [-0.2, -0.15) is 0 Å². The van der Waals surface area contributed by atoms with Crippen LogP contribution >= 0.6 is 0 Å². The van der Waals surface area contributed by atoms with Gasteiger partial charge in [-0.15, -0.1) is 0 Å². The standard InChI is InChI=1S/C12H13FN2O2.Na/c1-7(2)6-15-9-5-3-4-8(13)10(9)14-11(15)12(16)17;/h3-5,7H,6H2,1-2H3,(H,16,17);/q;+1/p-1. The van der Waals surface area contributed by atoms with Gasteiger partial charge in [-0.3, -0.25) is 0 Å². The Bertz CT molecular complexity index is 581. The summed E-state index contributed by atoms with van der Waals surface area (Å²) in [6, 6.07) is 4.45. The van der Waals surface area contributed by atoms with Crippen LogP contribution in [0.3, 0.4) is 0 Å². The Kier molecular flexibility index (Phi) is 4.90. The molecule has 0 bridgehead atoms. The number of imidazole rings is 1. The SMILES string of the molecule is CC(C)Cn1c(C(=O)[O-])nc2c(F)cccc21.[Na+]. The molecule has 4 nitrogen and oxygen atoms in total. The molecule has 2 aromatic rings. The van der Waals surface area contributed by atoms with Gasteiger partial charge in [0.2, 0.25) is 0 Å². The normalized spacial score (nSPS) is 10.7. The van der Waals surface area contributed by atoms with Gasteiger partial charge in [0.05, 0.1) is 5.52 Å². The Morgan fingerprint density at radius 2 is 2.17 bits per heavy atom. The van der Waals surface area contributed by atoms with Crippen molar-refractivity contribution >= 4 is 17.0 Å². The third-order valence-corrected chi connectivity index (χ3v) is 2.46. The minimum atomic E-state index is -1.39. The minimum Gasteiger partial charge on any atom is -0.542 e. The van der Waals surface area contributed by atoms with Crippen molar-refractivity contribution in [2.24, 2.45) is 5.92 Å². The summed E-state index contributed by atoms with van der Waals surface area (Å²) >= 11 is 0. The van der Waals surface area contributed by atoms with Crippen LogP contribution in [0.15, 0.2) is 18.2 Å². The molecule has 1 heterocycles. The second-order valence-electron chi connectivity index (χ2n) is 4.33. The van der Waals surface area contributed by atoms with Gasteiger partial charge in [0, 0.05) is 6.54 Å². The van der Waals surface area contributed by atoms with Crippen molar-refractivity contribution in [3.05, 3.63) is 29.8 Å². The predicted octanol–water partition coefficient (Wildman–Crippen LogP) is -1.80. The second kappa shape index (κ2) is 5.82. The van der Waals surface area contributed by atoms with Crippen molar-refractivity contribution in [2.45, 2.75) is 20.4 Å². The van der Waals surface area contributed by atoms with Crippen molar-refractivity contribution in [1.82, 2.24) is 9.55 Å². The van der Waals surface area contributed by atoms with E-state index in [0.29, 0.717) is 12.1 Å². The predicted molar refractivity (Wildman–Crippen MR) is 58.9 cm³/mol. The number of hydrogen-bond acceptors (Lipinski definition) is 3. The maximum absolute atomic E-state index is 13.5. The van der Waals surface area contributed by atoms with Gasteiger partial charge in [-0.05, 0) is 18.1 Å². The topological polar surface area (TPSA) is 58.0 Å². The molecule has 0 saturated heterocycles. The van der Waals surface area contributed by atoms with Crippen molar-refractivity contribution in [3.8, 4) is 0 Å². The smallest absolute Gasteiger partial charge is 0.542 e. The molecule has 90 valence electrons. The maximum Gasteiger partial charge on any atom is 1.00 e. The molecule has 0 aliphatic rings. The number of carbonyl (C=O) groups excluding carboxylic acids is 1. The Labute approximate surface area is 126 Å². The number of aromatic nitrogens is 2. The monoisotopic (exact) mass is 258 g/mol. The molecule has 0 aliphatic carbocycles. The fourth-order valence-electron chi connectivity index (χ4n) is 1.82. The molecule has 0 N–H and O–H groups in total. The van der Waals surface area contributed by atoms with Crippen LogP contribution in [0.2, 0.25) is 0 Å². The number of hydrogen-bond donors (Lipinski definition) is 0. The van der Waals surface area contributed by atoms with Crippen LogP contribution in [-0.4, -0.2) is 15.5 Å². The molecule has 0 saturated carbocycles. The summed E-state index contributed by atoms with van der Waals surface area (Å²) in [5, 5.41) is 11.0. The summed E-state index contributed by atoms with van der Waals surface area (Å²) in [6.45, 7) is 4.36. The van der Waals surface area contributed by atoms with E-state index in [-0.39, 0.29) is 46.8 Å². The first-order valence-corrected chi connectivity index (χ1v) is 5.36. The van der Waals surface area contributed by atoms with E-state index < -0.39 is 11.8 Å². The average Bonchev–Trinajstić information content (AvgIpc) is 2.58. The molecule has 18 heavy (non-hydrogen) atoms. The number of nitrogens with zero attached hydrogens (tertiary/aromatic N) is 2. The quantitative estimate of drug-likeness (QED) is 0.610. The average molecular weight is 258 g/mol. The molecule has 0 radical (unpaired) electrons. The number of halogens is 1. The molecule has 0 aliphatic heterocycles. The number of carbonyl (C=O) groups is 1. The fourth-order valence-corrected chi connectivity index (χ4v) is 1.82. The zero-order valence-electron chi connectivity index (χ0n) is 10.6. The van der Waals surface area contributed by atoms with E-state index in [9.17, 15) is 14.3 Å². The van der Waals surface area contributed by atoms with Gasteiger partial charge in [0.15, 0.2) is 11.6 Å². The van der Waals surface area contributed by atoms with Crippen molar-refractivity contribution in [2.75, 3.05) is 0 Å². The first-order valence-electron chi connectivity index (χ1n) is 5.36. The molecule has 1 aromatic carbocycles. The van der Waals surface area contributed by atoms with E-state index in [1.807, 2.05) is 13.8 Å². The van der Waals surface area contributed by atoms with Gasteiger partial charge in [-0.1, -0.05) is 19.9 Å². The van der Waals surface area contributed by atoms with E-state index >= 15 is 0 Å². The number of aromatic carboxylic acids is 1. The van der Waals surface area contributed by atoms with Gasteiger partial charge in [0.25, 0.3) is 0 Å². The number of carboxylic acid groups (broad SMARTS) is 1. The molecule has 0 unspecified atom stereocenters. The largest absolute Gasteiger partial charge is 1.00 e. The molecule has 0 spiro atoms. The molecule has 1 aromatic heterocycles. The van der Waals surface area contributed by atoms with Crippen LogP contribution in [0.5, 0.6) is 0 Å². The molecule has 0 fully saturated rings. The summed E-state index contributed by atoms with van der Waals surface area (Å²) in [7, 11) is 0. The van der Waals surface area contributed by atoms with Crippen molar-refractivity contribution in [3.63, 3.8) is 0 Å². The third-order valence-electron chi connectivity index (χ3n) is 2.46. The summed E-state index contributed by atoms with van der Waals surface area (Å²) < 4.78 is 15.0. The zero-order valence-corrected chi connectivity index (χ0v) is 12.6. The number of fused-ring (bicyclic) bond motifs is 1. The molecule has 0 amide bonds. The zero-order chi connectivity index (χ0) is 12.6. The first kappa shape index (κ1) is 15.1. The molecular weight excluding hydrogens is 246 g/mol. The third kappa shape index (κ3) is 2.74. The molecular formula is C12H12FN2NaO2. The van der Waals surface area contributed by atoms with Crippen molar-refractivity contribution < 1.29 is 43.8 Å². The summed E-state index contributed by atoms with van der Waals surface area (Å²) in [4.78, 5) is 14.8. The molecule has 6 heteroatoms. The van der Waals surface area contributed by atoms with Crippen LogP contribution in [-0.2, 0) is 6.54 Å². The first-order chi connectivity index (χ1) is 8.00. The van der Waals surface area contributed by atoms with E-state index in [2.05, 4.69) is 4.98 Å². The van der Waals surface area contributed by atoms with E-state index in [0.717, 1.165) is 0 Å². The Morgan fingerprint density at radius 3 is 2.72 bits per heavy atom. The van der Waals surface area contributed by atoms with Crippen LogP contribution in [0, 0.1) is 11.7 Å². The van der Waals surface area contributed by atoms with Gasteiger partial charge < -0.3 is 14.5 Å². The number of para-hydroxylation sites is 1. The summed E-state index contributed by atoms with van der Waals surface area (Å²) in [6.07, 6.45) is 0. The summed E-state index contributed by atoms with van der Waals surface area (Å²) in [5.41, 5.74) is 0.560. The second-order valence-corrected chi connectivity index (χ2v) is 4.33. The van der Waals surface area contributed by atoms with E-state index in [1.54, 1.807) is 6.07 Å². The molecule has 2 rings (SSSR count). The van der Waals surface area contributed by atoms with Crippen molar-refractivity contribution in [1.29, 1.82) is 0 Å². The van der Waals surface area contributed by atoms with Crippen LogP contribution in [0.4, 0.5) is 4.39 Å². The maximum atomic E-state index is 13.5. The fraction of sp³-hybridized carbons (Fsp3) is 0.333. The van der Waals surface area contributed by atoms with Gasteiger partial charge in [0.1, 0.15) is 11.5 Å². The van der Waals surface area contributed by atoms with E-state index in [1.165, 1.54) is 16.7 Å². The van der Waals surface area contributed by atoms with E-state index in [4.69, 9.17) is 0 Å². The van der Waals surface area contributed by atoms with Gasteiger partial charge >= 0.3 is 29.6 Å². The Balaban J connectivity index is 0.00000162. The number of rotatable bonds is 3. The Hall–Kier alpha value is -0.910. The van der Waals surface area contributed by atoms with Gasteiger partial charge in [-0.25, -0.2) is 9.37 Å². The minimum absolute atomic E-state index is 0. The molecule has 0 atom stereocenters.